The molecule has 2 nitrogen and oxygen atoms in total. The molecule has 0 aromatic heterocycles. The van der Waals surface area contributed by atoms with Crippen LogP contribution in [-0.4, -0.2) is 26.7 Å². The smallest absolute Gasteiger partial charge is 0.0363 e. The van der Waals surface area contributed by atoms with Crippen LogP contribution in [-0.2, 0) is 0 Å². The molecule has 2 heteroatoms. The molecule has 0 unspecified atom stereocenters. The van der Waals surface area contributed by atoms with Crippen molar-refractivity contribution in [1.82, 2.24) is 5.32 Å². The quantitative estimate of drug-likeness (QED) is 0.604. The maximum atomic E-state index is 3.66. The van der Waals surface area contributed by atoms with E-state index < -0.39 is 0 Å². The molecule has 0 saturated heterocycles. The van der Waals surface area contributed by atoms with E-state index in [0.29, 0.717) is 0 Å². The Bertz CT molecular complexity index is 440. The minimum absolute atomic E-state index is 0.875. The average molecular weight is 270 g/mol. The van der Waals surface area contributed by atoms with Crippen LogP contribution < -0.4 is 10.2 Å². The normalized spacial score (nSPS) is 27.1. The summed E-state index contributed by atoms with van der Waals surface area (Å²) in [5, 5.41) is 3.66. The molecule has 1 N–H and O–H groups in total. The van der Waals surface area contributed by atoms with Crippen molar-refractivity contribution in [2.45, 2.75) is 19.3 Å². The summed E-state index contributed by atoms with van der Waals surface area (Å²) < 4.78 is 0. The molecule has 0 heterocycles. The summed E-state index contributed by atoms with van der Waals surface area (Å²) in [7, 11) is 2.18. The van der Waals surface area contributed by atoms with Crippen molar-refractivity contribution in [2.24, 2.45) is 17.8 Å². The average Bonchev–Trinajstić information content (AvgIpc) is 3.10. The molecule has 3 atom stereocenters. The number of fused-ring (bicyclic) bond motifs is 2. The number of anilines is 1. The highest BCUT2D eigenvalue weighted by Crippen LogP contribution is 2.42. The molecule has 1 saturated carbocycles. The number of nitrogens with one attached hydrogen (secondary N) is 1. The third-order valence-corrected chi connectivity index (χ3v) is 4.87. The first-order valence-corrected chi connectivity index (χ1v) is 7.98. The van der Waals surface area contributed by atoms with Gasteiger partial charge in [-0.3, -0.25) is 0 Å². The summed E-state index contributed by atoms with van der Waals surface area (Å²) in [5.74, 6) is 2.67. The van der Waals surface area contributed by atoms with Crippen LogP contribution in [0.4, 0.5) is 5.69 Å². The van der Waals surface area contributed by atoms with Gasteiger partial charge in [0.1, 0.15) is 0 Å². The fraction of sp³-hybridized carbons (Fsp3) is 0.556. The van der Waals surface area contributed by atoms with Crippen LogP contribution in [0.15, 0.2) is 42.5 Å². The van der Waals surface area contributed by atoms with E-state index in [-0.39, 0.29) is 0 Å². The maximum absolute atomic E-state index is 3.66. The van der Waals surface area contributed by atoms with Crippen LogP contribution in [0.3, 0.4) is 0 Å². The summed E-state index contributed by atoms with van der Waals surface area (Å²) in [6.45, 7) is 3.46. The third kappa shape index (κ3) is 3.24. The van der Waals surface area contributed by atoms with E-state index in [1.165, 1.54) is 31.5 Å². The molecule has 3 rings (SSSR count). The highest BCUT2D eigenvalue weighted by atomic mass is 15.1. The van der Waals surface area contributed by atoms with Crippen LogP contribution in [0.5, 0.6) is 0 Å². The van der Waals surface area contributed by atoms with Crippen molar-refractivity contribution in [2.75, 3.05) is 31.6 Å². The minimum atomic E-state index is 0.875. The molecule has 20 heavy (non-hydrogen) atoms. The Labute approximate surface area is 122 Å². The monoisotopic (exact) mass is 270 g/mol. The molecule has 2 bridgehead atoms. The molecule has 0 amide bonds. The second-order valence-corrected chi connectivity index (χ2v) is 6.36. The van der Waals surface area contributed by atoms with E-state index in [4.69, 9.17) is 0 Å². The number of allylic oxidation sites excluding steroid dienone is 2. The molecule has 0 spiro atoms. The Kier molecular flexibility index (Phi) is 4.41. The highest BCUT2D eigenvalue weighted by molar-refractivity contribution is 5.44. The van der Waals surface area contributed by atoms with Gasteiger partial charge in [-0.15, -0.1) is 0 Å². The zero-order valence-electron chi connectivity index (χ0n) is 12.5. The van der Waals surface area contributed by atoms with Crippen LogP contribution in [0.25, 0.3) is 0 Å². The van der Waals surface area contributed by atoms with Crippen LogP contribution in [0.1, 0.15) is 19.3 Å². The lowest BCUT2D eigenvalue weighted by molar-refractivity contribution is 0.414. The zero-order valence-corrected chi connectivity index (χ0v) is 12.5. The van der Waals surface area contributed by atoms with Gasteiger partial charge in [0.05, 0.1) is 0 Å². The first kappa shape index (κ1) is 13.7. The lowest BCUT2D eigenvalue weighted by Crippen LogP contribution is -2.28. The van der Waals surface area contributed by atoms with Crippen molar-refractivity contribution >= 4 is 5.69 Å². The number of hydrogen-bond acceptors (Lipinski definition) is 2. The lowest BCUT2D eigenvalue weighted by Gasteiger charge is -2.21. The van der Waals surface area contributed by atoms with E-state index in [1.807, 2.05) is 0 Å². The van der Waals surface area contributed by atoms with E-state index in [0.717, 1.165) is 30.8 Å². The number of hydrogen-bond donors (Lipinski definition) is 1. The second-order valence-electron chi connectivity index (χ2n) is 6.36. The third-order valence-electron chi connectivity index (χ3n) is 4.87. The van der Waals surface area contributed by atoms with Gasteiger partial charge in [0.15, 0.2) is 0 Å². The minimum Gasteiger partial charge on any atom is -0.375 e. The molecule has 1 fully saturated rings. The molecular weight excluding hydrogens is 244 g/mol. The fourth-order valence-corrected chi connectivity index (χ4v) is 3.67. The Morgan fingerprint density at radius 2 is 2.00 bits per heavy atom. The predicted octanol–water partition coefficient (Wildman–Crippen LogP) is 3.31. The van der Waals surface area contributed by atoms with Crippen molar-refractivity contribution < 1.29 is 0 Å². The van der Waals surface area contributed by atoms with E-state index in [1.54, 1.807) is 0 Å². The first-order valence-electron chi connectivity index (χ1n) is 7.98. The van der Waals surface area contributed by atoms with Crippen molar-refractivity contribution in [3.8, 4) is 0 Å². The van der Waals surface area contributed by atoms with Crippen LogP contribution in [0, 0.1) is 17.8 Å². The van der Waals surface area contributed by atoms with Gasteiger partial charge in [0.2, 0.25) is 0 Å². The van der Waals surface area contributed by atoms with Gasteiger partial charge < -0.3 is 10.2 Å². The van der Waals surface area contributed by atoms with Crippen LogP contribution in [0.2, 0.25) is 0 Å². The van der Waals surface area contributed by atoms with Crippen molar-refractivity contribution in [3.05, 3.63) is 42.5 Å². The Balaban J connectivity index is 1.30. The van der Waals surface area contributed by atoms with Crippen molar-refractivity contribution in [1.29, 1.82) is 0 Å². The van der Waals surface area contributed by atoms with Crippen molar-refractivity contribution in [3.63, 3.8) is 0 Å². The SMILES string of the molecule is CN(CCCNC[C@@H]1C[C@H]2C=C[C@H]1C2)c1ccccc1. The lowest BCUT2D eigenvalue weighted by atomic mass is 9.94. The van der Waals surface area contributed by atoms with E-state index in [2.05, 4.69) is 59.7 Å². The largest absolute Gasteiger partial charge is 0.375 e. The molecule has 1 aromatic carbocycles. The predicted molar refractivity (Wildman–Crippen MR) is 86.0 cm³/mol. The summed E-state index contributed by atoms with van der Waals surface area (Å²) in [6, 6.07) is 10.6. The highest BCUT2D eigenvalue weighted by Gasteiger charge is 2.34. The molecule has 108 valence electrons. The van der Waals surface area contributed by atoms with Gasteiger partial charge in [-0.25, -0.2) is 0 Å². The van der Waals surface area contributed by atoms with Gasteiger partial charge in [-0.1, -0.05) is 30.4 Å². The number of rotatable bonds is 7. The summed E-state index contributed by atoms with van der Waals surface area (Å²) in [5.41, 5.74) is 1.31. The Hall–Kier alpha value is -1.28. The summed E-state index contributed by atoms with van der Waals surface area (Å²) >= 11 is 0. The fourth-order valence-electron chi connectivity index (χ4n) is 3.67. The van der Waals surface area contributed by atoms with E-state index >= 15 is 0 Å². The zero-order chi connectivity index (χ0) is 13.8. The Morgan fingerprint density at radius 3 is 2.70 bits per heavy atom. The maximum Gasteiger partial charge on any atom is 0.0363 e. The van der Waals surface area contributed by atoms with Gasteiger partial charge in [-0.2, -0.15) is 0 Å². The molecule has 1 aromatic rings. The van der Waals surface area contributed by atoms with Crippen LogP contribution >= 0.6 is 0 Å². The molecule has 2 aliphatic rings. The molecule has 0 aliphatic heterocycles. The first-order chi connectivity index (χ1) is 9.83. The molecule has 0 radical (unpaired) electrons. The van der Waals surface area contributed by atoms with Gasteiger partial charge in [-0.05, 0) is 62.2 Å². The van der Waals surface area contributed by atoms with Gasteiger partial charge in [0, 0.05) is 19.3 Å². The molecule has 2 aliphatic carbocycles. The van der Waals surface area contributed by atoms with E-state index in [9.17, 15) is 0 Å². The molecular formula is C18H26N2. The summed E-state index contributed by atoms with van der Waals surface area (Å²) in [4.78, 5) is 2.34. The van der Waals surface area contributed by atoms with Gasteiger partial charge in [0.25, 0.3) is 0 Å². The van der Waals surface area contributed by atoms with Gasteiger partial charge >= 0.3 is 0 Å². The Morgan fingerprint density at radius 1 is 1.15 bits per heavy atom. The topological polar surface area (TPSA) is 15.3 Å². The number of benzene rings is 1. The number of nitrogens with zero attached hydrogens (tertiary/aromatic N) is 1. The summed E-state index contributed by atoms with van der Waals surface area (Å²) in [6.07, 6.45) is 8.92. The second kappa shape index (κ2) is 6.45. The number of para-hydroxylation sites is 1. The standard InChI is InChI=1S/C18H26N2/c1-20(18-6-3-2-4-7-18)11-5-10-19-14-17-13-15-8-9-16(17)12-15/h2-4,6-9,15-17,19H,5,10-14H2,1H3/t15-,16-,17-/m0/s1.